The molecular formula is C19H31NO4. The summed E-state index contributed by atoms with van der Waals surface area (Å²) in [6.07, 6.45) is 5.04. The van der Waals surface area contributed by atoms with Crippen molar-refractivity contribution >= 4 is 17.6 Å². The molecule has 2 fully saturated rings. The standard InChI is InChI=1S/C19H31NO4/c1-13-10-15(13)20-17(22)19(8-6-7-9-19)11-14(12-23-5)16(21)24-18(2,3)4/h13-14H,6-12H2,1-5H3/t13-,14?/m1/s1. The van der Waals surface area contributed by atoms with Gasteiger partial charge in [-0.1, -0.05) is 19.8 Å². The molecule has 5 nitrogen and oxygen atoms in total. The van der Waals surface area contributed by atoms with Crippen LogP contribution >= 0.6 is 0 Å². The van der Waals surface area contributed by atoms with Crippen LogP contribution in [0.2, 0.25) is 0 Å². The van der Waals surface area contributed by atoms with E-state index < -0.39 is 16.9 Å². The zero-order valence-electron chi connectivity index (χ0n) is 15.7. The topological polar surface area (TPSA) is 65.0 Å². The minimum Gasteiger partial charge on any atom is -0.460 e. The molecule has 0 radical (unpaired) electrons. The number of carbonyl (C=O) groups excluding carboxylic acids is 2. The third-order valence-electron chi connectivity index (χ3n) is 4.93. The van der Waals surface area contributed by atoms with Gasteiger partial charge in [0.2, 0.25) is 0 Å². The molecule has 0 bridgehead atoms. The molecule has 1 unspecified atom stereocenters. The number of nitrogens with zero attached hydrogens (tertiary/aromatic N) is 1. The lowest BCUT2D eigenvalue weighted by atomic mass is 9.77. The Morgan fingerprint density at radius 3 is 2.33 bits per heavy atom. The predicted octanol–water partition coefficient (Wildman–Crippen LogP) is 3.55. The molecule has 2 aliphatic rings. The third kappa shape index (κ3) is 4.88. The smallest absolute Gasteiger partial charge is 0.311 e. The SMILES string of the molecule is COCC(CC1(C(=O)N=C2C[C@H]2C)CCCC1)C(=O)OC(C)(C)C. The van der Waals surface area contributed by atoms with Crippen molar-refractivity contribution < 1.29 is 19.1 Å². The van der Waals surface area contributed by atoms with E-state index in [4.69, 9.17) is 9.47 Å². The van der Waals surface area contributed by atoms with Crippen LogP contribution < -0.4 is 0 Å². The summed E-state index contributed by atoms with van der Waals surface area (Å²) in [6, 6.07) is 0. The average molecular weight is 337 g/mol. The number of aliphatic imine (C=N–C) groups is 1. The molecule has 0 aromatic carbocycles. The van der Waals surface area contributed by atoms with Crippen LogP contribution in [0.4, 0.5) is 0 Å². The molecule has 2 rings (SSSR count). The maximum Gasteiger partial charge on any atom is 0.311 e. The van der Waals surface area contributed by atoms with Crippen molar-refractivity contribution in [3.63, 3.8) is 0 Å². The first-order valence-corrected chi connectivity index (χ1v) is 9.00. The Labute approximate surface area is 145 Å². The molecule has 5 heteroatoms. The largest absolute Gasteiger partial charge is 0.460 e. The highest BCUT2D eigenvalue weighted by Crippen LogP contribution is 2.45. The van der Waals surface area contributed by atoms with Crippen molar-refractivity contribution in [1.82, 2.24) is 0 Å². The molecule has 136 valence electrons. The van der Waals surface area contributed by atoms with E-state index in [-0.39, 0.29) is 18.5 Å². The number of hydrogen-bond acceptors (Lipinski definition) is 4. The van der Waals surface area contributed by atoms with Gasteiger partial charge in [-0.05, 0) is 52.4 Å². The fraction of sp³-hybridized carbons (Fsp3) is 0.842. The van der Waals surface area contributed by atoms with E-state index in [1.54, 1.807) is 7.11 Å². The summed E-state index contributed by atoms with van der Waals surface area (Å²) < 4.78 is 10.8. The molecule has 2 saturated carbocycles. The lowest BCUT2D eigenvalue weighted by Crippen LogP contribution is -2.37. The fourth-order valence-corrected chi connectivity index (χ4v) is 3.48. The normalized spacial score (nSPS) is 25.5. The molecule has 0 heterocycles. The predicted molar refractivity (Wildman–Crippen MR) is 93.0 cm³/mol. The molecule has 0 N–H and O–H groups in total. The van der Waals surface area contributed by atoms with Gasteiger partial charge in [-0.15, -0.1) is 0 Å². The number of esters is 1. The highest BCUT2D eigenvalue weighted by Gasteiger charge is 2.45. The molecule has 0 aromatic heterocycles. The summed E-state index contributed by atoms with van der Waals surface area (Å²) >= 11 is 0. The van der Waals surface area contributed by atoms with E-state index in [0.29, 0.717) is 12.3 Å². The van der Waals surface area contributed by atoms with Gasteiger partial charge >= 0.3 is 5.97 Å². The lowest BCUT2D eigenvalue weighted by molar-refractivity contribution is -0.163. The first-order chi connectivity index (χ1) is 11.2. The maximum atomic E-state index is 12.8. The Bertz CT molecular complexity index is 512. The Morgan fingerprint density at radius 2 is 1.88 bits per heavy atom. The van der Waals surface area contributed by atoms with Crippen molar-refractivity contribution in [2.24, 2.45) is 22.2 Å². The number of hydrogen-bond donors (Lipinski definition) is 0. The van der Waals surface area contributed by atoms with Gasteiger partial charge in [-0.2, -0.15) is 0 Å². The fourth-order valence-electron chi connectivity index (χ4n) is 3.48. The molecule has 0 spiro atoms. The van der Waals surface area contributed by atoms with Gasteiger partial charge in [0.05, 0.1) is 17.9 Å². The Balaban J connectivity index is 2.13. The van der Waals surface area contributed by atoms with Crippen LogP contribution in [-0.2, 0) is 19.1 Å². The summed E-state index contributed by atoms with van der Waals surface area (Å²) in [7, 11) is 1.58. The van der Waals surface area contributed by atoms with Crippen molar-refractivity contribution in [2.75, 3.05) is 13.7 Å². The third-order valence-corrected chi connectivity index (χ3v) is 4.93. The zero-order valence-corrected chi connectivity index (χ0v) is 15.7. The number of rotatable bonds is 6. The first-order valence-electron chi connectivity index (χ1n) is 9.00. The van der Waals surface area contributed by atoms with Gasteiger partial charge in [0.1, 0.15) is 5.60 Å². The lowest BCUT2D eigenvalue weighted by Gasteiger charge is -2.30. The molecule has 0 saturated heterocycles. The number of methoxy groups -OCH3 is 1. The molecule has 2 atom stereocenters. The van der Waals surface area contributed by atoms with Gasteiger partial charge in [0.15, 0.2) is 0 Å². The van der Waals surface area contributed by atoms with Crippen LogP contribution in [-0.4, -0.2) is 36.9 Å². The maximum absolute atomic E-state index is 12.8. The van der Waals surface area contributed by atoms with Gasteiger partial charge in [-0.25, -0.2) is 4.99 Å². The van der Waals surface area contributed by atoms with E-state index in [9.17, 15) is 9.59 Å². The number of carbonyl (C=O) groups is 2. The second kappa shape index (κ2) is 7.34. The van der Waals surface area contributed by atoms with E-state index in [0.717, 1.165) is 37.8 Å². The Morgan fingerprint density at radius 1 is 1.29 bits per heavy atom. The van der Waals surface area contributed by atoms with Gasteiger partial charge in [-0.3, -0.25) is 9.59 Å². The van der Waals surface area contributed by atoms with Crippen molar-refractivity contribution in [2.45, 2.75) is 71.8 Å². The molecule has 2 aliphatic carbocycles. The zero-order chi connectivity index (χ0) is 18.0. The van der Waals surface area contributed by atoms with Crippen LogP contribution in [0.1, 0.15) is 66.2 Å². The van der Waals surface area contributed by atoms with Gasteiger partial charge < -0.3 is 9.47 Å². The van der Waals surface area contributed by atoms with Crippen LogP contribution in [0.15, 0.2) is 4.99 Å². The molecule has 1 amide bonds. The van der Waals surface area contributed by atoms with Crippen molar-refractivity contribution in [3.8, 4) is 0 Å². The van der Waals surface area contributed by atoms with Crippen molar-refractivity contribution in [3.05, 3.63) is 0 Å². The first kappa shape index (κ1) is 19.1. The van der Waals surface area contributed by atoms with Crippen molar-refractivity contribution in [1.29, 1.82) is 0 Å². The second-order valence-electron chi connectivity index (χ2n) is 8.39. The van der Waals surface area contributed by atoms with E-state index in [1.165, 1.54) is 0 Å². The van der Waals surface area contributed by atoms with Gasteiger partial charge in [0, 0.05) is 12.8 Å². The van der Waals surface area contributed by atoms with E-state index in [1.807, 2.05) is 20.8 Å². The van der Waals surface area contributed by atoms with E-state index in [2.05, 4.69) is 11.9 Å². The quantitative estimate of drug-likeness (QED) is 0.695. The van der Waals surface area contributed by atoms with Crippen LogP contribution in [0.25, 0.3) is 0 Å². The number of amides is 1. The minimum atomic E-state index is -0.542. The monoisotopic (exact) mass is 337 g/mol. The summed E-state index contributed by atoms with van der Waals surface area (Å²) in [6.45, 7) is 7.92. The Hall–Kier alpha value is -1.23. The Kier molecular flexibility index (Phi) is 5.84. The van der Waals surface area contributed by atoms with Crippen LogP contribution in [0, 0.1) is 17.3 Å². The molecular weight excluding hydrogens is 306 g/mol. The number of ether oxygens (including phenoxy) is 2. The molecule has 0 aromatic rings. The second-order valence-corrected chi connectivity index (χ2v) is 8.39. The molecule has 0 aliphatic heterocycles. The summed E-state index contributed by atoms with van der Waals surface area (Å²) in [5.41, 5.74) is -0.0542. The summed E-state index contributed by atoms with van der Waals surface area (Å²) in [4.78, 5) is 29.7. The summed E-state index contributed by atoms with van der Waals surface area (Å²) in [5.74, 6) is -0.305. The van der Waals surface area contributed by atoms with Crippen LogP contribution in [0.5, 0.6) is 0 Å². The van der Waals surface area contributed by atoms with E-state index >= 15 is 0 Å². The minimum absolute atomic E-state index is 0.0380. The van der Waals surface area contributed by atoms with Crippen LogP contribution in [0.3, 0.4) is 0 Å². The summed E-state index contributed by atoms with van der Waals surface area (Å²) in [5, 5.41) is 0. The average Bonchev–Trinajstić information content (AvgIpc) is 2.97. The van der Waals surface area contributed by atoms with Gasteiger partial charge in [0.25, 0.3) is 5.91 Å². The highest BCUT2D eigenvalue weighted by atomic mass is 16.6. The molecule has 24 heavy (non-hydrogen) atoms. The highest BCUT2D eigenvalue weighted by molar-refractivity contribution is 6.07.